The van der Waals surface area contributed by atoms with E-state index in [1.807, 2.05) is 12.2 Å². The summed E-state index contributed by atoms with van der Waals surface area (Å²) in [6.45, 7) is 2.16. The average Bonchev–Trinajstić information content (AvgIpc) is 2.49. The molecule has 0 aromatic carbocycles. The maximum Gasteiger partial charge on any atom is 0.303 e. The van der Waals surface area contributed by atoms with Gasteiger partial charge in [0.25, 0.3) is 10.1 Å². The molecule has 2 N–H and O–H groups in total. The third-order valence-corrected chi connectivity index (χ3v) is 5.45. The minimum Gasteiger partial charge on any atom is -0.481 e. The summed E-state index contributed by atoms with van der Waals surface area (Å²) in [6, 6.07) is 0. The van der Waals surface area contributed by atoms with Crippen molar-refractivity contribution in [3.05, 3.63) is 12.2 Å². The molecular weight excluding hydrogens is 328 g/mol. The van der Waals surface area contributed by atoms with Crippen LogP contribution < -0.4 is 0 Å². The molecule has 5 nitrogen and oxygen atoms in total. The molecule has 0 fully saturated rings. The first kappa shape index (κ1) is 23.1. The molecule has 0 aromatic heterocycles. The Balaban J connectivity index is 3.89. The van der Waals surface area contributed by atoms with Gasteiger partial charge in [0.05, 0.1) is 5.25 Å². The normalized spacial score (nSPS) is 13.4. The van der Waals surface area contributed by atoms with E-state index in [1.165, 1.54) is 19.3 Å². The van der Waals surface area contributed by atoms with E-state index in [4.69, 9.17) is 5.11 Å². The van der Waals surface area contributed by atoms with Crippen LogP contribution in [0.2, 0.25) is 0 Å². The van der Waals surface area contributed by atoms with Gasteiger partial charge in [-0.1, -0.05) is 57.6 Å². The summed E-state index contributed by atoms with van der Waals surface area (Å²) < 4.78 is 32.2. The molecule has 0 bridgehead atoms. The predicted octanol–water partition coefficient (Wildman–Crippen LogP) is 4.97. The van der Waals surface area contributed by atoms with Crippen molar-refractivity contribution in [2.24, 2.45) is 0 Å². The van der Waals surface area contributed by atoms with Gasteiger partial charge in [-0.25, -0.2) is 0 Å². The molecule has 0 saturated heterocycles. The van der Waals surface area contributed by atoms with Crippen molar-refractivity contribution in [3.8, 4) is 0 Å². The van der Waals surface area contributed by atoms with Gasteiger partial charge in [-0.2, -0.15) is 8.42 Å². The molecule has 0 radical (unpaired) electrons. The van der Waals surface area contributed by atoms with Crippen LogP contribution in [0.3, 0.4) is 0 Å². The SMILES string of the molecule is CCCCCCCCC(CCC=CCCCCC(=O)O)S(=O)(=O)O. The topological polar surface area (TPSA) is 91.7 Å². The summed E-state index contributed by atoms with van der Waals surface area (Å²) in [6.07, 6.45) is 14.6. The van der Waals surface area contributed by atoms with Crippen molar-refractivity contribution in [2.45, 2.75) is 95.6 Å². The zero-order valence-corrected chi connectivity index (χ0v) is 15.8. The van der Waals surface area contributed by atoms with E-state index in [1.54, 1.807) is 0 Å². The Hall–Kier alpha value is -0.880. The Morgan fingerprint density at radius 2 is 1.54 bits per heavy atom. The molecule has 0 aromatic rings. The maximum atomic E-state index is 11.4. The quantitative estimate of drug-likeness (QED) is 0.230. The average molecular weight is 363 g/mol. The molecular formula is C18H34O5S. The Labute approximate surface area is 147 Å². The second kappa shape index (κ2) is 14.5. The molecule has 1 unspecified atom stereocenters. The predicted molar refractivity (Wildman–Crippen MR) is 97.8 cm³/mol. The van der Waals surface area contributed by atoms with Crippen LogP contribution in [0.5, 0.6) is 0 Å². The molecule has 0 amide bonds. The molecule has 24 heavy (non-hydrogen) atoms. The molecule has 0 heterocycles. The highest BCUT2D eigenvalue weighted by atomic mass is 32.2. The van der Waals surface area contributed by atoms with E-state index in [0.29, 0.717) is 25.7 Å². The van der Waals surface area contributed by atoms with Crippen molar-refractivity contribution in [3.63, 3.8) is 0 Å². The standard InChI is InChI=1S/C18H34O5S/c1-2-3-4-5-8-11-14-17(24(21,22)23)15-12-9-6-7-10-13-16-18(19)20/h6,9,17H,2-5,7-8,10-16H2,1H3,(H,19,20)(H,21,22,23). The summed E-state index contributed by atoms with van der Waals surface area (Å²) in [5.41, 5.74) is 0. The third kappa shape index (κ3) is 14.7. The van der Waals surface area contributed by atoms with E-state index in [9.17, 15) is 17.8 Å². The first-order valence-corrected chi connectivity index (χ1v) is 10.7. The van der Waals surface area contributed by atoms with Crippen LogP contribution in [0.4, 0.5) is 0 Å². The van der Waals surface area contributed by atoms with Crippen LogP contribution in [0.15, 0.2) is 12.2 Å². The van der Waals surface area contributed by atoms with Crippen LogP contribution in [0.1, 0.15) is 90.4 Å². The largest absolute Gasteiger partial charge is 0.481 e. The molecule has 0 aliphatic heterocycles. The number of rotatable bonds is 16. The van der Waals surface area contributed by atoms with Crippen molar-refractivity contribution < 1.29 is 22.9 Å². The number of aliphatic carboxylic acids is 1. The van der Waals surface area contributed by atoms with Gasteiger partial charge in [0.15, 0.2) is 0 Å². The van der Waals surface area contributed by atoms with Gasteiger partial charge in [0, 0.05) is 6.42 Å². The van der Waals surface area contributed by atoms with Crippen molar-refractivity contribution >= 4 is 16.1 Å². The summed E-state index contributed by atoms with van der Waals surface area (Å²) in [7, 11) is -3.97. The summed E-state index contributed by atoms with van der Waals surface area (Å²) >= 11 is 0. The van der Waals surface area contributed by atoms with E-state index in [0.717, 1.165) is 32.1 Å². The first-order valence-electron chi connectivity index (χ1n) is 9.21. The lowest BCUT2D eigenvalue weighted by molar-refractivity contribution is -0.137. The highest BCUT2D eigenvalue weighted by molar-refractivity contribution is 7.86. The fourth-order valence-corrected chi connectivity index (χ4v) is 3.55. The highest BCUT2D eigenvalue weighted by Crippen LogP contribution is 2.17. The Morgan fingerprint density at radius 3 is 2.17 bits per heavy atom. The van der Waals surface area contributed by atoms with E-state index >= 15 is 0 Å². The second-order valence-corrected chi connectivity index (χ2v) is 8.08. The fourth-order valence-electron chi connectivity index (χ4n) is 2.65. The van der Waals surface area contributed by atoms with Crippen molar-refractivity contribution in [1.82, 2.24) is 0 Å². The number of carboxylic acid groups (broad SMARTS) is 1. The zero-order chi connectivity index (χ0) is 18.3. The monoisotopic (exact) mass is 362 g/mol. The van der Waals surface area contributed by atoms with Crippen LogP contribution in [0, 0.1) is 0 Å². The number of hydrogen-bond donors (Lipinski definition) is 2. The molecule has 6 heteroatoms. The van der Waals surface area contributed by atoms with Crippen molar-refractivity contribution in [1.29, 1.82) is 0 Å². The number of allylic oxidation sites excluding steroid dienone is 2. The lowest BCUT2D eigenvalue weighted by Crippen LogP contribution is -2.20. The Morgan fingerprint density at radius 1 is 0.917 bits per heavy atom. The number of carbonyl (C=O) groups is 1. The fraction of sp³-hybridized carbons (Fsp3) is 0.833. The van der Waals surface area contributed by atoms with Gasteiger partial charge in [-0.3, -0.25) is 9.35 Å². The number of carboxylic acids is 1. The molecule has 0 aliphatic rings. The Bertz CT molecular complexity index is 442. The van der Waals surface area contributed by atoms with Gasteiger partial charge in [0.2, 0.25) is 0 Å². The summed E-state index contributed by atoms with van der Waals surface area (Å²) in [5, 5.41) is 7.86. The van der Waals surface area contributed by atoms with Crippen LogP contribution in [-0.2, 0) is 14.9 Å². The summed E-state index contributed by atoms with van der Waals surface area (Å²) in [4.78, 5) is 10.4. The zero-order valence-electron chi connectivity index (χ0n) is 15.0. The minimum atomic E-state index is -3.97. The number of unbranched alkanes of at least 4 members (excludes halogenated alkanes) is 7. The third-order valence-electron chi connectivity index (χ3n) is 4.13. The highest BCUT2D eigenvalue weighted by Gasteiger charge is 2.21. The van der Waals surface area contributed by atoms with Gasteiger partial charge in [0.1, 0.15) is 0 Å². The lowest BCUT2D eigenvalue weighted by atomic mass is 10.1. The first-order chi connectivity index (χ1) is 11.4. The lowest BCUT2D eigenvalue weighted by Gasteiger charge is -2.12. The van der Waals surface area contributed by atoms with E-state index < -0.39 is 21.3 Å². The van der Waals surface area contributed by atoms with E-state index in [2.05, 4.69) is 6.92 Å². The van der Waals surface area contributed by atoms with E-state index in [-0.39, 0.29) is 6.42 Å². The maximum absolute atomic E-state index is 11.4. The molecule has 142 valence electrons. The van der Waals surface area contributed by atoms with Gasteiger partial charge in [-0.15, -0.1) is 0 Å². The minimum absolute atomic E-state index is 0.191. The second-order valence-electron chi connectivity index (χ2n) is 6.38. The summed E-state index contributed by atoms with van der Waals surface area (Å²) in [5.74, 6) is -0.773. The van der Waals surface area contributed by atoms with Gasteiger partial charge < -0.3 is 5.11 Å². The number of hydrogen-bond acceptors (Lipinski definition) is 3. The molecule has 1 atom stereocenters. The van der Waals surface area contributed by atoms with Gasteiger partial charge in [-0.05, 0) is 38.5 Å². The Kier molecular flexibility index (Phi) is 13.9. The molecule has 0 rings (SSSR count). The van der Waals surface area contributed by atoms with Crippen molar-refractivity contribution in [2.75, 3.05) is 0 Å². The molecule has 0 saturated carbocycles. The van der Waals surface area contributed by atoms with Crippen LogP contribution >= 0.6 is 0 Å². The van der Waals surface area contributed by atoms with Crippen LogP contribution in [0.25, 0.3) is 0 Å². The smallest absolute Gasteiger partial charge is 0.303 e. The molecule has 0 aliphatic carbocycles. The van der Waals surface area contributed by atoms with Crippen LogP contribution in [-0.4, -0.2) is 29.3 Å². The molecule has 0 spiro atoms. The van der Waals surface area contributed by atoms with Gasteiger partial charge >= 0.3 is 5.97 Å².